The number of carbonyl (C=O) groups excluding carboxylic acids is 1. The third-order valence-corrected chi connectivity index (χ3v) is 2.96. The molecule has 0 saturated heterocycles. The van der Waals surface area contributed by atoms with Gasteiger partial charge in [-0.1, -0.05) is 18.2 Å². The third-order valence-electron chi connectivity index (χ3n) is 2.96. The van der Waals surface area contributed by atoms with Crippen molar-refractivity contribution in [3.63, 3.8) is 0 Å². The van der Waals surface area contributed by atoms with Gasteiger partial charge in [-0.2, -0.15) is 0 Å². The number of carbonyl (C=O) groups is 1. The van der Waals surface area contributed by atoms with Gasteiger partial charge in [0.15, 0.2) is 0 Å². The van der Waals surface area contributed by atoms with Crippen LogP contribution >= 0.6 is 0 Å². The van der Waals surface area contributed by atoms with Crippen molar-refractivity contribution in [2.45, 2.75) is 13.5 Å². The molecular weight excluding hydrogens is 242 g/mol. The van der Waals surface area contributed by atoms with Gasteiger partial charge in [0.05, 0.1) is 13.7 Å². The van der Waals surface area contributed by atoms with Crippen molar-refractivity contribution in [1.29, 1.82) is 0 Å². The number of esters is 1. The van der Waals surface area contributed by atoms with E-state index in [1.54, 1.807) is 13.0 Å². The van der Waals surface area contributed by atoms with Crippen LogP contribution in [0.15, 0.2) is 40.8 Å². The Morgan fingerprint density at radius 3 is 2.63 bits per heavy atom. The van der Waals surface area contributed by atoms with Crippen LogP contribution in [-0.2, 0) is 11.3 Å². The lowest BCUT2D eigenvalue weighted by atomic mass is 10.2. The molecule has 2 aromatic rings. The first kappa shape index (κ1) is 13.2. The van der Waals surface area contributed by atoms with E-state index in [1.165, 1.54) is 7.11 Å². The number of methoxy groups -OCH3 is 1. The van der Waals surface area contributed by atoms with E-state index in [-0.39, 0.29) is 5.97 Å². The van der Waals surface area contributed by atoms with Crippen LogP contribution in [0.4, 0.5) is 5.69 Å². The molecule has 1 heterocycles. The summed E-state index contributed by atoms with van der Waals surface area (Å²) in [4.78, 5) is 13.6. The van der Waals surface area contributed by atoms with E-state index >= 15 is 0 Å². The van der Waals surface area contributed by atoms with E-state index in [0.29, 0.717) is 17.9 Å². The average molecular weight is 259 g/mol. The number of nitrogens with zero attached hydrogens (tertiary/aromatic N) is 1. The Morgan fingerprint density at radius 2 is 2.00 bits per heavy atom. The molecule has 0 N–H and O–H groups in total. The van der Waals surface area contributed by atoms with E-state index in [1.807, 2.05) is 37.4 Å². The molecule has 19 heavy (non-hydrogen) atoms. The van der Waals surface area contributed by atoms with Crippen molar-refractivity contribution in [2.75, 3.05) is 19.1 Å². The highest BCUT2D eigenvalue weighted by Crippen LogP contribution is 2.19. The molecule has 0 atom stereocenters. The molecule has 0 fully saturated rings. The lowest BCUT2D eigenvalue weighted by molar-refractivity contribution is 0.0599. The fraction of sp³-hybridized carbons (Fsp3) is 0.267. The van der Waals surface area contributed by atoms with E-state index in [4.69, 9.17) is 9.15 Å². The summed E-state index contributed by atoms with van der Waals surface area (Å²) < 4.78 is 10.3. The van der Waals surface area contributed by atoms with Crippen LogP contribution in [0.1, 0.15) is 21.9 Å². The van der Waals surface area contributed by atoms with E-state index in [0.717, 1.165) is 11.4 Å². The van der Waals surface area contributed by atoms with Gasteiger partial charge in [-0.15, -0.1) is 0 Å². The summed E-state index contributed by atoms with van der Waals surface area (Å²) in [6.45, 7) is 2.36. The van der Waals surface area contributed by atoms with Gasteiger partial charge in [-0.25, -0.2) is 4.79 Å². The quantitative estimate of drug-likeness (QED) is 0.792. The predicted molar refractivity (Wildman–Crippen MR) is 73.3 cm³/mol. The smallest absolute Gasteiger partial charge is 0.341 e. The number of hydrogen-bond acceptors (Lipinski definition) is 4. The topological polar surface area (TPSA) is 42.7 Å². The maximum absolute atomic E-state index is 11.5. The summed E-state index contributed by atoms with van der Waals surface area (Å²) in [5.74, 6) is 0.961. The van der Waals surface area contributed by atoms with Crippen LogP contribution in [-0.4, -0.2) is 20.1 Å². The number of ether oxygens (including phenoxy) is 1. The number of benzene rings is 1. The highest BCUT2D eigenvalue weighted by molar-refractivity contribution is 5.90. The van der Waals surface area contributed by atoms with Crippen molar-refractivity contribution in [2.24, 2.45) is 0 Å². The van der Waals surface area contributed by atoms with Gasteiger partial charge in [0.25, 0.3) is 0 Å². The van der Waals surface area contributed by atoms with Crippen LogP contribution in [0.3, 0.4) is 0 Å². The molecule has 0 amide bonds. The molecule has 0 bridgehead atoms. The molecule has 0 radical (unpaired) electrons. The Labute approximate surface area is 112 Å². The maximum Gasteiger partial charge on any atom is 0.341 e. The monoisotopic (exact) mass is 259 g/mol. The van der Waals surface area contributed by atoms with Gasteiger partial charge < -0.3 is 14.1 Å². The molecule has 0 aliphatic heterocycles. The minimum atomic E-state index is -0.366. The summed E-state index contributed by atoms with van der Waals surface area (Å²) in [6.07, 6.45) is 0. The first-order chi connectivity index (χ1) is 9.11. The third kappa shape index (κ3) is 2.96. The summed E-state index contributed by atoms with van der Waals surface area (Å²) in [5, 5.41) is 0. The standard InChI is InChI=1S/C15H17NO3/c1-11-14(15(17)18-3)9-13(19-11)10-16(2)12-7-5-4-6-8-12/h4-9H,10H2,1-3H3. The number of furan rings is 1. The number of rotatable bonds is 4. The number of anilines is 1. The molecule has 4 nitrogen and oxygen atoms in total. The minimum Gasteiger partial charge on any atom is -0.465 e. The van der Waals surface area contributed by atoms with Gasteiger partial charge in [-0.05, 0) is 25.1 Å². The normalized spacial score (nSPS) is 10.3. The van der Waals surface area contributed by atoms with E-state index in [9.17, 15) is 4.79 Å². The molecule has 0 spiro atoms. The Morgan fingerprint density at radius 1 is 1.32 bits per heavy atom. The van der Waals surface area contributed by atoms with Crippen LogP contribution < -0.4 is 4.90 Å². The SMILES string of the molecule is COC(=O)c1cc(CN(C)c2ccccc2)oc1C. The lowest BCUT2D eigenvalue weighted by Gasteiger charge is -2.17. The van der Waals surface area contributed by atoms with Gasteiger partial charge in [0, 0.05) is 12.7 Å². The van der Waals surface area contributed by atoms with Gasteiger partial charge in [-0.3, -0.25) is 0 Å². The molecule has 0 saturated carbocycles. The highest BCUT2D eigenvalue weighted by Gasteiger charge is 2.16. The second-order valence-corrected chi connectivity index (χ2v) is 4.37. The number of aryl methyl sites for hydroxylation is 1. The zero-order valence-electron chi connectivity index (χ0n) is 11.3. The second-order valence-electron chi connectivity index (χ2n) is 4.37. The van der Waals surface area contributed by atoms with Crippen LogP contribution in [0.25, 0.3) is 0 Å². The van der Waals surface area contributed by atoms with Crippen LogP contribution in [0.5, 0.6) is 0 Å². The molecule has 1 aromatic carbocycles. The predicted octanol–water partition coefficient (Wildman–Crippen LogP) is 3.01. The van der Waals surface area contributed by atoms with E-state index in [2.05, 4.69) is 4.90 Å². The Kier molecular flexibility index (Phi) is 3.90. The summed E-state index contributed by atoms with van der Waals surface area (Å²) in [5.41, 5.74) is 1.58. The molecular formula is C15H17NO3. The minimum absolute atomic E-state index is 0.366. The Hall–Kier alpha value is -2.23. The zero-order chi connectivity index (χ0) is 13.8. The number of hydrogen-bond donors (Lipinski definition) is 0. The first-order valence-corrected chi connectivity index (χ1v) is 6.05. The van der Waals surface area contributed by atoms with Crippen molar-refractivity contribution in [3.8, 4) is 0 Å². The first-order valence-electron chi connectivity index (χ1n) is 6.05. The summed E-state index contributed by atoms with van der Waals surface area (Å²) >= 11 is 0. The molecule has 0 aliphatic rings. The summed E-state index contributed by atoms with van der Waals surface area (Å²) in [7, 11) is 3.34. The molecule has 0 aliphatic carbocycles. The number of para-hydroxylation sites is 1. The Balaban J connectivity index is 2.14. The van der Waals surface area contributed by atoms with Gasteiger partial charge in [0.2, 0.25) is 0 Å². The maximum atomic E-state index is 11.5. The van der Waals surface area contributed by atoms with Crippen molar-refractivity contribution >= 4 is 11.7 Å². The second kappa shape index (κ2) is 5.61. The molecule has 1 aromatic heterocycles. The van der Waals surface area contributed by atoms with Gasteiger partial charge >= 0.3 is 5.97 Å². The van der Waals surface area contributed by atoms with Gasteiger partial charge in [0.1, 0.15) is 17.1 Å². The fourth-order valence-electron chi connectivity index (χ4n) is 1.94. The van der Waals surface area contributed by atoms with Crippen molar-refractivity contribution in [3.05, 3.63) is 53.5 Å². The van der Waals surface area contributed by atoms with E-state index < -0.39 is 0 Å². The molecule has 100 valence electrons. The largest absolute Gasteiger partial charge is 0.465 e. The zero-order valence-corrected chi connectivity index (χ0v) is 11.3. The Bertz CT molecular complexity index is 560. The lowest BCUT2D eigenvalue weighted by Crippen LogP contribution is -2.15. The van der Waals surface area contributed by atoms with Crippen molar-refractivity contribution in [1.82, 2.24) is 0 Å². The molecule has 2 rings (SSSR count). The molecule has 4 heteroatoms. The van der Waals surface area contributed by atoms with Crippen molar-refractivity contribution < 1.29 is 13.9 Å². The fourth-order valence-corrected chi connectivity index (χ4v) is 1.94. The molecule has 0 unspecified atom stereocenters. The average Bonchev–Trinajstić information content (AvgIpc) is 2.79. The highest BCUT2D eigenvalue weighted by atomic mass is 16.5. The van der Waals surface area contributed by atoms with Crippen LogP contribution in [0.2, 0.25) is 0 Å². The van der Waals surface area contributed by atoms with Crippen LogP contribution in [0, 0.1) is 6.92 Å². The summed E-state index contributed by atoms with van der Waals surface area (Å²) in [6, 6.07) is 11.7.